The van der Waals surface area contributed by atoms with Gasteiger partial charge in [-0.25, -0.2) is 0 Å². The summed E-state index contributed by atoms with van der Waals surface area (Å²) in [5.74, 6) is 0. The lowest BCUT2D eigenvalue weighted by molar-refractivity contribution is 0.0348. The average molecular weight is 413 g/mol. The highest BCUT2D eigenvalue weighted by molar-refractivity contribution is 6.98. The Balaban J connectivity index is 1.71. The molecule has 0 aromatic heterocycles. The lowest BCUT2D eigenvalue weighted by Crippen LogP contribution is -2.65. The van der Waals surface area contributed by atoms with Crippen molar-refractivity contribution in [2.75, 3.05) is 13.2 Å². The first-order chi connectivity index (χ1) is 14.0. The number of rotatable bonds is 10. The van der Waals surface area contributed by atoms with E-state index >= 15 is 0 Å². The molecule has 0 bridgehead atoms. The van der Waals surface area contributed by atoms with Crippen molar-refractivity contribution in [2.24, 2.45) is 0 Å². The Kier molecular flexibility index (Phi) is 7.69. The molecule has 0 aliphatic carbocycles. The van der Waals surface area contributed by atoms with E-state index in [4.69, 9.17) is 9.47 Å². The second-order valence-corrected chi connectivity index (χ2v) is 12.8. The molecule has 2 aromatic carbocycles. The molecule has 0 amide bonds. The standard InChI is InChI=1S/C25H36O3Si/c1-4-5-18-27-22-19-21(28-20-22)16-17-25(2,3)29(26,23-12-8-6-9-13-23)24-14-10-7-11-15-24/h6-15,21-22,26H,4-5,16-20H2,1-3H3/t21-,22+/m1/s1. The molecule has 3 rings (SSSR count). The van der Waals surface area contributed by atoms with E-state index in [0.717, 1.165) is 49.1 Å². The second-order valence-electron chi connectivity index (χ2n) is 8.90. The van der Waals surface area contributed by atoms with Crippen molar-refractivity contribution < 1.29 is 14.3 Å². The van der Waals surface area contributed by atoms with Gasteiger partial charge in [-0.05, 0) is 34.7 Å². The van der Waals surface area contributed by atoms with E-state index in [1.165, 1.54) is 0 Å². The normalized spacial score (nSPS) is 20.1. The Hall–Kier alpha value is -1.46. The zero-order chi connectivity index (χ0) is 20.7. The van der Waals surface area contributed by atoms with Crippen molar-refractivity contribution in [3.05, 3.63) is 60.7 Å². The minimum atomic E-state index is -2.93. The van der Waals surface area contributed by atoms with Gasteiger partial charge in [0.05, 0.1) is 18.8 Å². The molecular weight excluding hydrogens is 376 g/mol. The monoisotopic (exact) mass is 412 g/mol. The minimum absolute atomic E-state index is 0.222. The molecule has 158 valence electrons. The predicted octanol–water partition coefficient (Wildman–Crippen LogP) is 4.27. The third kappa shape index (κ3) is 5.18. The molecule has 1 fully saturated rings. The number of hydrogen-bond acceptors (Lipinski definition) is 3. The summed E-state index contributed by atoms with van der Waals surface area (Å²) >= 11 is 0. The van der Waals surface area contributed by atoms with Crippen LogP contribution in [0.15, 0.2) is 60.7 Å². The molecule has 0 spiro atoms. The van der Waals surface area contributed by atoms with E-state index < -0.39 is 8.32 Å². The highest BCUT2D eigenvalue weighted by atomic mass is 28.4. The van der Waals surface area contributed by atoms with E-state index in [9.17, 15) is 4.80 Å². The van der Waals surface area contributed by atoms with E-state index in [1.54, 1.807) is 0 Å². The van der Waals surface area contributed by atoms with E-state index in [1.807, 2.05) is 36.4 Å². The van der Waals surface area contributed by atoms with Crippen molar-refractivity contribution in [1.82, 2.24) is 0 Å². The molecule has 4 heteroatoms. The molecule has 29 heavy (non-hydrogen) atoms. The smallest absolute Gasteiger partial charge is 0.258 e. The highest BCUT2D eigenvalue weighted by Crippen LogP contribution is 2.41. The topological polar surface area (TPSA) is 38.7 Å². The van der Waals surface area contributed by atoms with Crippen molar-refractivity contribution in [3.63, 3.8) is 0 Å². The summed E-state index contributed by atoms with van der Waals surface area (Å²) in [4.78, 5) is 12.2. The van der Waals surface area contributed by atoms with Gasteiger partial charge in [-0.15, -0.1) is 0 Å². The molecule has 0 unspecified atom stereocenters. The fraction of sp³-hybridized carbons (Fsp3) is 0.520. The lowest BCUT2D eigenvalue weighted by Gasteiger charge is -2.41. The van der Waals surface area contributed by atoms with Gasteiger partial charge >= 0.3 is 0 Å². The number of unbranched alkanes of at least 4 members (excludes halogenated alkanes) is 1. The Morgan fingerprint density at radius 1 is 1.03 bits per heavy atom. The van der Waals surface area contributed by atoms with Gasteiger partial charge < -0.3 is 14.3 Å². The van der Waals surface area contributed by atoms with E-state index in [0.29, 0.717) is 6.61 Å². The Labute approximate surface area is 177 Å². The maximum Gasteiger partial charge on any atom is 0.258 e. The van der Waals surface area contributed by atoms with Gasteiger partial charge in [0.25, 0.3) is 8.32 Å². The second kappa shape index (κ2) is 10.0. The van der Waals surface area contributed by atoms with E-state index in [-0.39, 0.29) is 17.2 Å². The van der Waals surface area contributed by atoms with Crippen LogP contribution in [0.1, 0.15) is 52.9 Å². The summed E-state index contributed by atoms with van der Waals surface area (Å²) in [6.45, 7) is 8.17. The highest BCUT2D eigenvalue weighted by Gasteiger charge is 2.49. The molecule has 2 atom stereocenters. The van der Waals surface area contributed by atoms with Crippen LogP contribution in [0.3, 0.4) is 0 Å². The molecule has 0 saturated carbocycles. The van der Waals surface area contributed by atoms with Gasteiger partial charge in [-0.3, -0.25) is 0 Å². The number of benzene rings is 2. The minimum Gasteiger partial charge on any atom is -0.424 e. The van der Waals surface area contributed by atoms with Crippen LogP contribution in [0.2, 0.25) is 5.04 Å². The summed E-state index contributed by atoms with van der Waals surface area (Å²) in [6, 6.07) is 20.5. The molecule has 2 aromatic rings. The maximum absolute atomic E-state index is 12.2. The van der Waals surface area contributed by atoms with Crippen LogP contribution in [0.4, 0.5) is 0 Å². The predicted molar refractivity (Wildman–Crippen MR) is 122 cm³/mol. The Bertz CT molecular complexity index is 693. The quantitative estimate of drug-likeness (QED) is 0.468. The first-order valence-corrected chi connectivity index (χ1v) is 13.0. The zero-order valence-electron chi connectivity index (χ0n) is 18.1. The van der Waals surface area contributed by atoms with Gasteiger partial charge in [0.1, 0.15) is 0 Å². The molecule has 1 saturated heterocycles. The van der Waals surface area contributed by atoms with Crippen LogP contribution < -0.4 is 10.4 Å². The maximum atomic E-state index is 12.2. The van der Waals surface area contributed by atoms with Crippen LogP contribution in [-0.2, 0) is 9.47 Å². The Morgan fingerprint density at radius 2 is 1.62 bits per heavy atom. The summed E-state index contributed by atoms with van der Waals surface area (Å²) in [5.41, 5.74) is 0. The lowest BCUT2D eigenvalue weighted by atomic mass is 10.0. The van der Waals surface area contributed by atoms with Crippen LogP contribution >= 0.6 is 0 Å². The van der Waals surface area contributed by atoms with Crippen LogP contribution in [-0.4, -0.2) is 38.5 Å². The third-order valence-corrected chi connectivity index (χ3v) is 10.9. The van der Waals surface area contributed by atoms with Gasteiger partial charge in [0.15, 0.2) is 0 Å². The van der Waals surface area contributed by atoms with Gasteiger partial charge in [0, 0.05) is 13.0 Å². The van der Waals surface area contributed by atoms with Gasteiger partial charge in [-0.2, -0.15) is 0 Å². The fourth-order valence-electron chi connectivity index (χ4n) is 4.39. The van der Waals surface area contributed by atoms with Gasteiger partial charge in [-0.1, -0.05) is 87.9 Å². The first kappa shape index (κ1) is 22.2. The zero-order valence-corrected chi connectivity index (χ0v) is 19.1. The SMILES string of the molecule is CCCCO[C@@H]1CO[C@H](CCC(C)(C)[Si](O)(c2ccccc2)c2ccccc2)C1. The largest absolute Gasteiger partial charge is 0.424 e. The van der Waals surface area contributed by atoms with Crippen LogP contribution in [0, 0.1) is 0 Å². The molecule has 3 nitrogen and oxygen atoms in total. The summed E-state index contributed by atoms with van der Waals surface area (Å²) < 4.78 is 12.0. The first-order valence-electron chi connectivity index (χ1n) is 11.0. The average Bonchev–Trinajstić information content (AvgIpc) is 3.21. The van der Waals surface area contributed by atoms with Crippen molar-refractivity contribution in [2.45, 2.75) is 70.1 Å². The van der Waals surface area contributed by atoms with Crippen LogP contribution in [0.25, 0.3) is 0 Å². The molecule has 1 heterocycles. The van der Waals surface area contributed by atoms with Gasteiger partial charge in [0.2, 0.25) is 0 Å². The van der Waals surface area contributed by atoms with Crippen molar-refractivity contribution >= 4 is 18.7 Å². The number of ether oxygens (including phenoxy) is 2. The van der Waals surface area contributed by atoms with Crippen molar-refractivity contribution in [3.8, 4) is 0 Å². The summed E-state index contributed by atoms with van der Waals surface area (Å²) in [7, 11) is -2.93. The molecule has 1 N–H and O–H groups in total. The molecule has 1 aliphatic heterocycles. The number of hydrogen-bond donors (Lipinski definition) is 1. The van der Waals surface area contributed by atoms with E-state index in [2.05, 4.69) is 45.0 Å². The summed E-state index contributed by atoms with van der Waals surface area (Å²) in [6.07, 6.45) is 5.58. The third-order valence-electron chi connectivity index (χ3n) is 6.35. The Morgan fingerprint density at radius 3 is 2.17 bits per heavy atom. The summed E-state index contributed by atoms with van der Waals surface area (Å²) in [5, 5.41) is 1.92. The molecular formula is C25H36O3Si. The molecule has 1 aliphatic rings. The van der Waals surface area contributed by atoms with Crippen molar-refractivity contribution in [1.29, 1.82) is 0 Å². The van der Waals surface area contributed by atoms with Crippen LogP contribution in [0.5, 0.6) is 0 Å². The fourth-order valence-corrected chi connectivity index (χ4v) is 8.15. The molecule has 0 radical (unpaired) electrons.